The maximum atomic E-state index is 12.8. The van der Waals surface area contributed by atoms with E-state index < -0.39 is 11.6 Å². The molecule has 1 aliphatic rings. The summed E-state index contributed by atoms with van der Waals surface area (Å²) >= 11 is 0. The molecule has 1 saturated heterocycles. The van der Waals surface area contributed by atoms with E-state index in [9.17, 15) is 14.4 Å². The van der Waals surface area contributed by atoms with Gasteiger partial charge in [0, 0.05) is 5.54 Å². The first-order valence-corrected chi connectivity index (χ1v) is 8.35. The molecule has 4 amide bonds. The van der Waals surface area contributed by atoms with E-state index in [1.54, 1.807) is 14.0 Å². The van der Waals surface area contributed by atoms with Crippen molar-refractivity contribution < 1.29 is 19.3 Å². The fourth-order valence-corrected chi connectivity index (χ4v) is 2.87. The van der Waals surface area contributed by atoms with Crippen molar-refractivity contribution in [2.75, 3.05) is 20.3 Å². The Morgan fingerprint density at radius 1 is 1.24 bits per heavy atom. The molecule has 0 aliphatic carbocycles. The highest BCUT2D eigenvalue weighted by Crippen LogP contribution is 2.27. The monoisotopic (exact) mass is 347 g/mol. The second kappa shape index (κ2) is 6.84. The van der Waals surface area contributed by atoms with Crippen LogP contribution in [-0.2, 0) is 15.1 Å². The molecule has 7 heteroatoms. The first kappa shape index (κ1) is 18.9. The van der Waals surface area contributed by atoms with Gasteiger partial charge < -0.3 is 15.5 Å². The topological polar surface area (TPSA) is 82.9 Å². The van der Waals surface area contributed by atoms with E-state index in [0.29, 0.717) is 0 Å². The predicted molar refractivity (Wildman–Crippen MR) is 93.7 cm³/mol. The molecule has 1 fully saturated rings. The van der Waals surface area contributed by atoms with Gasteiger partial charge in [0.2, 0.25) is 0 Å². The summed E-state index contributed by atoms with van der Waals surface area (Å²) in [4.78, 5) is 39.1. The number of hydrogen-bond donors (Lipinski definition) is 3. The molecule has 2 atom stereocenters. The number of urea groups is 1. The van der Waals surface area contributed by atoms with E-state index in [0.717, 1.165) is 10.5 Å². The molecule has 1 aromatic rings. The summed E-state index contributed by atoms with van der Waals surface area (Å²) in [5.74, 6) is -0.429. The van der Waals surface area contributed by atoms with Crippen molar-refractivity contribution in [3.05, 3.63) is 35.9 Å². The van der Waals surface area contributed by atoms with E-state index in [2.05, 4.69) is 10.6 Å². The molecule has 7 nitrogen and oxygen atoms in total. The fraction of sp³-hybridized carbons (Fsp3) is 0.500. The minimum Gasteiger partial charge on any atom is -0.347 e. The van der Waals surface area contributed by atoms with E-state index in [1.807, 2.05) is 51.1 Å². The SMILES string of the molecule is C[NH+](CC(=O)NC(C)(C)C)CN1C(=O)N[C@@](C)(c2ccccc2)C1=O. The zero-order valence-electron chi connectivity index (χ0n) is 15.5. The molecule has 0 bridgehead atoms. The van der Waals surface area contributed by atoms with E-state index in [1.165, 1.54) is 4.90 Å². The van der Waals surface area contributed by atoms with Gasteiger partial charge in [-0.25, -0.2) is 9.69 Å². The van der Waals surface area contributed by atoms with Gasteiger partial charge in [-0.2, -0.15) is 0 Å². The third-order valence-corrected chi connectivity index (χ3v) is 4.03. The van der Waals surface area contributed by atoms with Gasteiger partial charge in [0.15, 0.2) is 13.2 Å². The second-order valence-corrected chi connectivity index (χ2v) is 7.74. The van der Waals surface area contributed by atoms with Gasteiger partial charge in [0.25, 0.3) is 11.8 Å². The Balaban J connectivity index is 2.04. The van der Waals surface area contributed by atoms with Crippen LogP contribution in [0.4, 0.5) is 4.79 Å². The van der Waals surface area contributed by atoms with Crippen LogP contribution in [0.25, 0.3) is 0 Å². The highest BCUT2D eigenvalue weighted by atomic mass is 16.2. The van der Waals surface area contributed by atoms with E-state index in [4.69, 9.17) is 0 Å². The van der Waals surface area contributed by atoms with Crippen LogP contribution in [0.15, 0.2) is 30.3 Å². The number of nitrogens with one attached hydrogen (secondary N) is 3. The predicted octanol–water partition coefficient (Wildman–Crippen LogP) is -0.159. The van der Waals surface area contributed by atoms with E-state index >= 15 is 0 Å². The maximum absolute atomic E-state index is 12.8. The standard InChI is InChI=1S/C18H26N4O3/c1-17(2,3)19-14(23)11-21(5)12-22-15(24)18(4,20-16(22)25)13-9-7-6-8-10-13/h6-10H,11-12H2,1-5H3,(H,19,23)(H,20,25)/p+1/t18-/m0/s1. The van der Waals surface area contributed by atoms with Gasteiger partial charge in [-0.1, -0.05) is 30.3 Å². The first-order chi connectivity index (χ1) is 11.5. The summed E-state index contributed by atoms with van der Waals surface area (Å²) in [5.41, 5.74) is -0.657. The van der Waals surface area contributed by atoms with Crippen LogP contribution >= 0.6 is 0 Å². The van der Waals surface area contributed by atoms with Gasteiger partial charge in [-0.15, -0.1) is 0 Å². The van der Waals surface area contributed by atoms with Crippen molar-refractivity contribution in [2.24, 2.45) is 0 Å². The lowest BCUT2D eigenvalue weighted by atomic mass is 9.92. The minimum absolute atomic E-state index is 0.122. The molecule has 2 rings (SSSR count). The number of quaternary nitrogens is 1. The number of likely N-dealkylation sites (N-methyl/N-ethyl adjacent to an activating group) is 1. The Kier molecular flexibility index (Phi) is 5.17. The summed E-state index contributed by atoms with van der Waals surface area (Å²) in [6, 6.07) is 8.71. The average Bonchev–Trinajstić information content (AvgIpc) is 2.70. The van der Waals surface area contributed by atoms with Crippen molar-refractivity contribution in [1.29, 1.82) is 0 Å². The molecule has 0 spiro atoms. The van der Waals surface area contributed by atoms with Crippen LogP contribution < -0.4 is 15.5 Å². The van der Waals surface area contributed by atoms with Crippen LogP contribution in [0.2, 0.25) is 0 Å². The zero-order chi connectivity index (χ0) is 18.8. The molecular formula is C18H27N4O3+. The Morgan fingerprint density at radius 3 is 2.40 bits per heavy atom. The highest BCUT2D eigenvalue weighted by molar-refractivity contribution is 6.07. The summed E-state index contributed by atoms with van der Waals surface area (Å²) in [6.07, 6.45) is 0. The molecule has 1 aromatic carbocycles. The Bertz CT molecular complexity index is 669. The number of benzene rings is 1. The molecule has 1 heterocycles. The molecular weight excluding hydrogens is 320 g/mol. The molecule has 0 aromatic heterocycles. The molecule has 0 radical (unpaired) electrons. The number of rotatable bonds is 5. The molecule has 3 N–H and O–H groups in total. The summed E-state index contributed by atoms with van der Waals surface area (Å²) < 4.78 is 0. The lowest BCUT2D eigenvalue weighted by Gasteiger charge is -2.24. The molecule has 1 aliphatic heterocycles. The second-order valence-electron chi connectivity index (χ2n) is 7.74. The van der Waals surface area contributed by atoms with Crippen molar-refractivity contribution in [3.8, 4) is 0 Å². The third-order valence-electron chi connectivity index (χ3n) is 4.03. The van der Waals surface area contributed by atoms with Crippen molar-refractivity contribution in [2.45, 2.75) is 38.8 Å². The van der Waals surface area contributed by atoms with Crippen LogP contribution in [0, 0.1) is 0 Å². The molecule has 1 unspecified atom stereocenters. The maximum Gasteiger partial charge on any atom is 0.329 e. The molecule has 0 saturated carbocycles. The summed E-state index contributed by atoms with van der Waals surface area (Å²) in [5, 5.41) is 5.64. The van der Waals surface area contributed by atoms with Gasteiger partial charge in [0.1, 0.15) is 5.54 Å². The summed E-state index contributed by atoms with van der Waals surface area (Å²) in [7, 11) is 1.78. The van der Waals surface area contributed by atoms with Crippen molar-refractivity contribution in [3.63, 3.8) is 0 Å². The number of nitrogens with zero attached hydrogens (tertiary/aromatic N) is 1. The number of carbonyl (C=O) groups excluding carboxylic acids is 3. The summed E-state index contributed by atoms with van der Waals surface area (Å²) in [6.45, 7) is 7.72. The minimum atomic E-state index is -1.08. The smallest absolute Gasteiger partial charge is 0.329 e. The largest absolute Gasteiger partial charge is 0.347 e. The van der Waals surface area contributed by atoms with Gasteiger partial charge in [0.05, 0.1) is 7.05 Å². The van der Waals surface area contributed by atoms with E-state index in [-0.39, 0.29) is 30.6 Å². The average molecular weight is 347 g/mol. The van der Waals surface area contributed by atoms with Crippen LogP contribution in [0.5, 0.6) is 0 Å². The van der Waals surface area contributed by atoms with Crippen LogP contribution in [-0.4, -0.2) is 48.5 Å². The highest BCUT2D eigenvalue weighted by Gasteiger charge is 2.50. The molecule has 136 valence electrons. The van der Waals surface area contributed by atoms with Gasteiger partial charge >= 0.3 is 6.03 Å². The lowest BCUT2D eigenvalue weighted by Crippen LogP contribution is -3.12. The number of imide groups is 1. The van der Waals surface area contributed by atoms with Crippen molar-refractivity contribution in [1.82, 2.24) is 15.5 Å². The molecule has 25 heavy (non-hydrogen) atoms. The fourth-order valence-electron chi connectivity index (χ4n) is 2.87. The first-order valence-electron chi connectivity index (χ1n) is 8.35. The third kappa shape index (κ3) is 4.36. The lowest BCUT2D eigenvalue weighted by molar-refractivity contribution is -0.879. The zero-order valence-corrected chi connectivity index (χ0v) is 15.5. The van der Waals surface area contributed by atoms with Gasteiger partial charge in [-0.05, 0) is 33.3 Å². The quantitative estimate of drug-likeness (QED) is 0.648. The van der Waals surface area contributed by atoms with Gasteiger partial charge in [-0.3, -0.25) is 9.59 Å². The normalized spacial score (nSPS) is 21.9. The number of hydrogen-bond acceptors (Lipinski definition) is 3. The van der Waals surface area contributed by atoms with Crippen LogP contribution in [0.1, 0.15) is 33.3 Å². The van der Waals surface area contributed by atoms with Crippen LogP contribution in [0.3, 0.4) is 0 Å². The number of amides is 4. The Morgan fingerprint density at radius 2 is 1.84 bits per heavy atom. The Hall–Kier alpha value is -2.41. The van der Waals surface area contributed by atoms with Crippen molar-refractivity contribution >= 4 is 17.8 Å². The number of carbonyl (C=O) groups is 3. The Labute approximate surface area is 148 Å².